The lowest BCUT2D eigenvalue weighted by atomic mass is 10.1. The zero-order valence-electron chi connectivity index (χ0n) is 14.2. The van der Waals surface area contributed by atoms with Gasteiger partial charge in [-0.25, -0.2) is 4.90 Å². The zero-order chi connectivity index (χ0) is 17.8. The lowest BCUT2D eigenvalue weighted by Crippen LogP contribution is -2.27. The molecule has 25 heavy (non-hydrogen) atoms. The average Bonchev–Trinajstić information content (AvgIpc) is 2.90. The van der Waals surface area contributed by atoms with Crippen LogP contribution in [0.5, 0.6) is 5.75 Å². The fraction of sp³-hybridized carbons (Fsp3) is 0.200. The van der Waals surface area contributed by atoms with Crippen LogP contribution in [0.2, 0.25) is 0 Å². The van der Waals surface area contributed by atoms with Crippen LogP contribution < -0.4 is 9.64 Å². The van der Waals surface area contributed by atoms with Gasteiger partial charge in [0.2, 0.25) is 0 Å². The summed E-state index contributed by atoms with van der Waals surface area (Å²) in [6.07, 6.45) is 2.65. The molecule has 5 heteroatoms. The Bertz CT molecular complexity index is 810. The third-order valence-corrected chi connectivity index (χ3v) is 4.75. The van der Waals surface area contributed by atoms with E-state index in [1.807, 2.05) is 55.5 Å². The third-order valence-electron chi connectivity index (χ3n) is 3.89. The molecule has 0 saturated carbocycles. The van der Waals surface area contributed by atoms with E-state index in [4.69, 9.17) is 4.74 Å². The van der Waals surface area contributed by atoms with Crippen LogP contribution in [0.4, 0.5) is 10.5 Å². The van der Waals surface area contributed by atoms with Crippen molar-refractivity contribution in [2.45, 2.75) is 20.3 Å². The molecule has 128 valence electrons. The van der Waals surface area contributed by atoms with Gasteiger partial charge in [-0.3, -0.25) is 9.59 Å². The smallest absolute Gasteiger partial charge is 0.298 e. The number of imide groups is 1. The molecule has 1 aliphatic rings. The summed E-state index contributed by atoms with van der Waals surface area (Å²) >= 11 is 0.963. The molecule has 2 amide bonds. The summed E-state index contributed by atoms with van der Waals surface area (Å²) in [5, 5.41) is -0.272. The number of anilines is 1. The Balaban J connectivity index is 1.82. The average molecular weight is 353 g/mol. The van der Waals surface area contributed by atoms with Crippen molar-refractivity contribution >= 4 is 34.7 Å². The Kier molecular flexibility index (Phi) is 5.24. The minimum absolute atomic E-state index is 0.272. The maximum absolute atomic E-state index is 12.6. The van der Waals surface area contributed by atoms with Gasteiger partial charge in [0.25, 0.3) is 11.1 Å². The van der Waals surface area contributed by atoms with E-state index >= 15 is 0 Å². The zero-order valence-corrected chi connectivity index (χ0v) is 15.0. The monoisotopic (exact) mass is 353 g/mol. The number of amides is 2. The summed E-state index contributed by atoms with van der Waals surface area (Å²) in [6.45, 7) is 4.60. The highest BCUT2D eigenvalue weighted by Crippen LogP contribution is 2.35. The molecule has 1 heterocycles. The Labute approximate surface area is 151 Å². The lowest BCUT2D eigenvalue weighted by molar-refractivity contribution is -0.113. The van der Waals surface area contributed by atoms with Crippen molar-refractivity contribution in [2.24, 2.45) is 0 Å². The molecule has 0 radical (unpaired) electrons. The number of thioether (sulfide) groups is 1. The van der Waals surface area contributed by atoms with E-state index in [0.29, 0.717) is 17.2 Å². The fourth-order valence-electron chi connectivity index (χ4n) is 2.55. The molecule has 0 aliphatic carbocycles. The van der Waals surface area contributed by atoms with E-state index in [1.165, 1.54) is 10.5 Å². The minimum Gasteiger partial charge on any atom is -0.494 e. The molecule has 0 atom stereocenters. The number of hydrogen-bond acceptors (Lipinski definition) is 4. The van der Waals surface area contributed by atoms with Crippen molar-refractivity contribution in [3.05, 3.63) is 64.6 Å². The van der Waals surface area contributed by atoms with Gasteiger partial charge in [-0.1, -0.05) is 31.2 Å². The second-order valence-corrected chi connectivity index (χ2v) is 6.53. The molecule has 2 aromatic carbocycles. The summed E-state index contributed by atoms with van der Waals surface area (Å²) in [5.74, 6) is 0.497. The van der Waals surface area contributed by atoms with Crippen LogP contribution >= 0.6 is 11.8 Å². The number of benzene rings is 2. The van der Waals surface area contributed by atoms with Crippen molar-refractivity contribution in [1.29, 1.82) is 0 Å². The number of aryl methyl sites for hydroxylation is 1. The van der Waals surface area contributed by atoms with Crippen LogP contribution in [-0.2, 0) is 11.2 Å². The normalized spacial score (nSPS) is 15.9. The lowest BCUT2D eigenvalue weighted by Gasteiger charge is -2.12. The number of hydrogen-bond donors (Lipinski definition) is 0. The van der Waals surface area contributed by atoms with Gasteiger partial charge in [0, 0.05) is 0 Å². The summed E-state index contributed by atoms with van der Waals surface area (Å²) in [5.41, 5.74) is 2.63. The highest BCUT2D eigenvalue weighted by atomic mass is 32.2. The van der Waals surface area contributed by atoms with Gasteiger partial charge in [0.1, 0.15) is 5.75 Å². The summed E-state index contributed by atoms with van der Waals surface area (Å²) < 4.78 is 5.41. The first-order chi connectivity index (χ1) is 12.1. The van der Waals surface area contributed by atoms with E-state index in [-0.39, 0.29) is 11.1 Å². The van der Waals surface area contributed by atoms with Crippen LogP contribution in [0.15, 0.2) is 53.4 Å². The first-order valence-electron chi connectivity index (χ1n) is 8.22. The van der Waals surface area contributed by atoms with Gasteiger partial charge in [-0.2, -0.15) is 0 Å². The SMILES string of the molecule is CCOc1ccc(/C=C2\SC(=O)N(c3ccc(CC)cc3)C2=O)cc1. The Morgan fingerprint density at radius 3 is 2.28 bits per heavy atom. The van der Waals surface area contributed by atoms with E-state index in [1.54, 1.807) is 6.08 Å². The third kappa shape index (κ3) is 3.77. The molecule has 1 fully saturated rings. The minimum atomic E-state index is -0.284. The molecule has 3 rings (SSSR count). The molecule has 0 unspecified atom stereocenters. The molecular formula is C20H19NO3S. The van der Waals surface area contributed by atoms with Gasteiger partial charge in [-0.15, -0.1) is 0 Å². The second kappa shape index (κ2) is 7.57. The standard InChI is InChI=1S/C20H19NO3S/c1-3-14-5-9-16(10-6-14)21-19(22)18(25-20(21)23)13-15-7-11-17(12-8-15)24-4-2/h5-13H,3-4H2,1-2H3/b18-13-. The van der Waals surface area contributed by atoms with E-state index in [9.17, 15) is 9.59 Å². The maximum atomic E-state index is 12.6. The predicted molar refractivity (Wildman–Crippen MR) is 102 cm³/mol. The van der Waals surface area contributed by atoms with Crippen molar-refractivity contribution in [3.63, 3.8) is 0 Å². The quantitative estimate of drug-likeness (QED) is 0.718. The summed E-state index contributed by atoms with van der Waals surface area (Å²) in [6, 6.07) is 14.9. The van der Waals surface area contributed by atoms with Crippen LogP contribution in [-0.4, -0.2) is 17.8 Å². The van der Waals surface area contributed by atoms with Gasteiger partial charge in [0.05, 0.1) is 17.2 Å². The number of ether oxygens (including phenoxy) is 1. The van der Waals surface area contributed by atoms with Gasteiger partial charge in [0.15, 0.2) is 0 Å². The summed E-state index contributed by atoms with van der Waals surface area (Å²) in [7, 11) is 0. The molecule has 0 spiro atoms. The number of nitrogens with zero attached hydrogens (tertiary/aromatic N) is 1. The van der Waals surface area contributed by atoms with Crippen LogP contribution in [0.25, 0.3) is 6.08 Å². The number of carbonyl (C=O) groups is 2. The number of rotatable bonds is 5. The van der Waals surface area contributed by atoms with Gasteiger partial charge in [-0.05, 0) is 66.6 Å². The van der Waals surface area contributed by atoms with Gasteiger partial charge >= 0.3 is 0 Å². The van der Waals surface area contributed by atoms with E-state index < -0.39 is 0 Å². The first-order valence-corrected chi connectivity index (χ1v) is 9.03. The Hall–Kier alpha value is -2.53. The van der Waals surface area contributed by atoms with E-state index in [2.05, 4.69) is 6.92 Å². The molecule has 2 aromatic rings. The van der Waals surface area contributed by atoms with Crippen LogP contribution in [0.1, 0.15) is 25.0 Å². The topological polar surface area (TPSA) is 46.6 Å². The molecule has 0 bridgehead atoms. The van der Waals surface area contributed by atoms with Gasteiger partial charge < -0.3 is 4.74 Å². The summed E-state index contributed by atoms with van der Waals surface area (Å²) in [4.78, 5) is 26.6. The van der Waals surface area contributed by atoms with Crippen molar-refractivity contribution in [3.8, 4) is 5.75 Å². The maximum Gasteiger partial charge on any atom is 0.298 e. The molecule has 1 aliphatic heterocycles. The molecule has 0 aromatic heterocycles. The first kappa shape index (κ1) is 17.3. The van der Waals surface area contributed by atoms with Crippen molar-refractivity contribution in [2.75, 3.05) is 11.5 Å². The Morgan fingerprint density at radius 1 is 1.00 bits per heavy atom. The van der Waals surface area contributed by atoms with Crippen LogP contribution in [0.3, 0.4) is 0 Å². The molecular weight excluding hydrogens is 334 g/mol. The second-order valence-electron chi connectivity index (χ2n) is 5.54. The Morgan fingerprint density at radius 2 is 1.68 bits per heavy atom. The number of carbonyl (C=O) groups excluding carboxylic acids is 2. The largest absolute Gasteiger partial charge is 0.494 e. The fourth-order valence-corrected chi connectivity index (χ4v) is 3.39. The van der Waals surface area contributed by atoms with Crippen LogP contribution in [0, 0.1) is 0 Å². The van der Waals surface area contributed by atoms with Crippen molar-refractivity contribution < 1.29 is 14.3 Å². The van der Waals surface area contributed by atoms with E-state index in [0.717, 1.165) is 29.5 Å². The molecule has 4 nitrogen and oxygen atoms in total. The highest BCUT2D eigenvalue weighted by Gasteiger charge is 2.36. The predicted octanol–water partition coefficient (Wildman–Crippen LogP) is 4.89. The highest BCUT2D eigenvalue weighted by molar-refractivity contribution is 8.19. The molecule has 1 saturated heterocycles. The molecule has 0 N–H and O–H groups in total. The van der Waals surface area contributed by atoms with Crippen molar-refractivity contribution in [1.82, 2.24) is 0 Å².